The third kappa shape index (κ3) is 7.19. The van der Waals surface area contributed by atoms with Gasteiger partial charge in [-0.05, 0) is 55.5 Å². The van der Waals surface area contributed by atoms with Crippen LogP contribution in [0, 0.1) is 29.3 Å². The van der Waals surface area contributed by atoms with Crippen molar-refractivity contribution in [3.63, 3.8) is 0 Å². The summed E-state index contributed by atoms with van der Waals surface area (Å²) in [6.45, 7) is 1.54. The maximum Gasteiger partial charge on any atom is 0.320 e. The van der Waals surface area contributed by atoms with E-state index in [1.54, 1.807) is 12.1 Å². The monoisotopic (exact) mass is 480 g/mol. The molecule has 2 aromatic rings. The van der Waals surface area contributed by atoms with Crippen LogP contribution in [0.3, 0.4) is 0 Å². The summed E-state index contributed by atoms with van der Waals surface area (Å²) < 4.78 is 44.7. The number of carbonyl (C=O) groups is 2. The molecule has 184 valence electrons. The quantitative estimate of drug-likeness (QED) is 0.483. The van der Waals surface area contributed by atoms with Gasteiger partial charge in [0.1, 0.15) is 23.7 Å². The van der Waals surface area contributed by atoms with Crippen LogP contribution in [0.4, 0.5) is 13.2 Å². The van der Waals surface area contributed by atoms with E-state index in [0.717, 1.165) is 6.07 Å². The fourth-order valence-corrected chi connectivity index (χ4v) is 4.06. The first-order chi connectivity index (χ1) is 16.2. The summed E-state index contributed by atoms with van der Waals surface area (Å²) in [4.78, 5) is 21.4. The second-order valence-corrected chi connectivity index (χ2v) is 8.49. The number of nitrogens with one attached hydrogen (secondary N) is 2. The molecule has 4 N–H and O–H groups in total. The molecule has 2 heterocycles. The maximum atomic E-state index is 13.4. The molecular weight excluding hydrogens is 453 g/mol. The minimum absolute atomic E-state index is 0.0346. The van der Waals surface area contributed by atoms with E-state index in [-0.39, 0.29) is 17.7 Å². The number of carboxylic acid groups (broad SMARTS) is 2. The highest BCUT2D eigenvalue weighted by atomic mass is 19.2. The molecule has 0 aliphatic carbocycles. The van der Waals surface area contributed by atoms with Crippen LogP contribution in [0.2, 0.25) is 0 Å². The van der Waals surface area contributed by atoms with Gasteiger partial charge in [0, 0.05) is 18.5 Å². The highest BCUT2D eigenvalue weighted by Gasteiger charge is 2.30. The number of aliphatic carboxylic acids is 2. The Morgan fingerprint density at radius 2 is 1.53 bits per heavy atom. The lowest BCUT2D eigenvalue weighted by Gasteiger charge is -2.10. The summed E-state index contributed by atoms with van der Waals surface area (Å²) in [5.74, 6) is -3.09. The Balaban J connectivity index is 0.000000191. The Morgan fingerprint density at radius 3 is 2.15 bits per heavy atom. The number of rotatable bonds is 7. The fourth-order valence-electron chi connectivity index (χ4n) is 4.06. The lowest BCUT2D eigenvalue weighted by Crippen LogP contribution is -2.29. The molecule has 0 unspecified atom stereocenters. The number of halogens is 3. The van der Waals surface area contributed by atoms with Gasteiger partial charge in [0.15, 0.2) is 11.6 Å². The minimum Gasteiger partial charge on any atom is -0.493 e. The van der Waals surface area contributed by atoms with Gasteiger partial charge >= 0.3 is 11.9 Å². The molecule has 2 aromatic carbocycles. The van der Waals surface area contributed by atoms with Gasteiger partial charge in [-0.2, -0.15) is 0 Å². The molecule has 34 heavy (non-hydrogen) atoms. The van der Waals surface area contributed by atoms with Crippen LogP contribution in [0.25, 0.3) is 0 Å². The van der Waals surface area contributed by atoms with E-state index in [2.05, 4.69) is 10.6 Å². The molecule has 7 nitrogen and oxygen atoms in total. The van der Waals surface area contributed by atoms with Crippen LogP contribution in [0.5, 0.6) is 5.75 Å². The molecule has 0 radical (unpaired) electrons. The largest absolute Gasteiger partial charge is 0.493 e. The van der Waals surface area contributed by atoms with E-state index in [9.17, 15) is 22.8 Å². The summed E-state index contributed by atoms with van der Waals surface area (Å²) >= 11 is 0. The zero-order valence-corrected chi connectivity index (χ0v) is 18.3. The van der Waals surface area contributed by atoms with Gasteiger partial charge in [0.05, 0.1) is 6.61 Å². The van der Waals surface area contributed by atoms with Crippen LogP contribution in [-0.2, 0) is 16.0 Å². The molecular formula is C24H27F3N2O5. The van der Waals surface area contributed by atoms with E-state index in [4.69, 9.17) is 14.9 Å². The predicted molar refractivity (Wildman–Crippen MR) is 117 cm³/mol. The Bertz CT molecular complexity index is 1010. The number of benzene rings is 2. The molecule has 10 heteroatoms. The zero-order chi connectivity index (χ0) is 24.7. The third-order valence-corrected chi connectivity index (χ3v) is 5.86. The van der Waals surface area contributed by atoms with Crippen molar-refractivity contribution in [3.8, 4) is 5.75 Å². The SMILES string of the molecule is O=C(O)[C@@H]1C[C@H](COc2cccc(F)c2)CN1.O=C(O)[C@@H]1C[C@H](Cc2cccc(F)c2F)CN1. The summed E-state index contributed by atoms with van der Waals surface area (Å²) in [6, 6.07) is 8.94. The van der Waals surface area contributed by atoms with Crippen molar-refractivity contribution in [2.75, 3.05) is 19.7 Å². The zero-order valence-electron chi connectivity index (χ0n) is 18.3. The second kappa shape index (κ2) is 11.8. The predicted octanol–water partition coefficient (Wildman–Crippen LogP) is 2.84. The Kier molecular flexibility index (Phi) is 8.89. The highest BCUT2D eigenvalue weighted by molar-refractivity contribution is 5.74. The number of carboxylic acids is 2. The summed E-state index contributed by atoms with van der Waals surface area (Å²) in [5, 5.41) is 23.3. The highest BCUT2D eigenvalue weighted by Crippen LogP contribution is 2.22. The van der Waals surface area contributed by atoms with Crippen molar-refractivity contribution in [2.45, 2.75) is 31.3 Å². The second-order valence-electron chi connectivity index (χ2n) is 8.49. The lowest BCUT2D eigenvalue weighted by molar-refractivity contribution is -0.140. The van der Waals surface area contributed by atoms with Gasteiger partial charge in [-0.15, -0.1) is 0 Å². The molecule has 0 saturated carbocycles. The van der Waals surface area contributed by atoms with Crippen LogP contribution >= 0.6 is 0 Å². The van der Waals surface area contributed by atoms with Crippen LogP contribution in [0.15, 0.2) is 42.5 Å². The average Bonchev–Trinajstić information content (AvgIpc) is 3.46. The van der Waals surface area contributed by atoms with E-state index in [1.165, 1.54) is 24.3 Å². The lowest BCUT2D eigenvalue weighted by atomic mass is 9.96. The van der Waals surface area contributed by atoms with Crippen LogP contribution < -0.4 is 15.4 Å². The Morgan fingerprint density at radius 1 is 0.912 bits per heavy atom. The molecule has 0 bridgehead atoms. The van der Waals surface area contributed by atoms with E-state index >= 15 is 0 Å². The topological polar surface area (TPSA) is 108 Å². The van der Waals surface area contributed by atoms with Crippen molar-refractivity contribution in [3.05, 3.63) is 65.5 Å². The summed E-state index contributed by atoms with van der Waals surface area (Å²) in [7, 11) is 0. The van der Waals surface area contributed by atoms with Crippen molar-refractivity contribution < 1.29 is 37.7 Å². The molecule has 0 spiro atoms. The van der Waals surface area contributed by atoms with Crippen LogP contribution in [-0.4, -0.2) is 53.9 Å². The number of hydrogen-bond donors (Lipinski definition) is 4. The molecule has 4 rings (SSSR count). The number of hydrogen-bond acceptors (Lipinski definition) is 5. The van der Waals surface area contributed by atoms with E-state index < -0.39 is 35.7 Å². The van der Waals surface area contributed by atoms with Crippen LogP contribution in [0.1, 0.15) is 18.4 Å². The fraction of sp³-hybridized carbons (Fsp3) is 0.417. The van der Waals surface area contributed by atoms with Gasteiger partial charge in [-0.3, -0.25) is 9.59 Å². The van der Waals surface area contributed by atoms with Crippen molar-refractivity contribution >= 4 is 11.9 Å². The Hall–Kier alpha value is -3.11. The first-order valence-electron chi connectivity index (χ1n) is 11.0. The molecule has 0 aromatic heterocycles. The molecule has 2 aliphatic rings. The van der Waals surface area contributed by atoms with Crippen molar-refractivity contribution in [1.82, 2.24) is 10.6 Å². The summed E-state index contributed by atoms with van der Waals surface area (Å²) in [6.07, 6.45) is 1.36. The standard InChI is InChI=1S/C12H13F2NO2.C12H14FNO3/c13-9-3-1-2-8(11(9)14)4-7-5-10(12(16)17)15-6-7;13-9-2-1-3-10(5-9)17-7-8-4-11(12(15)16)14-6-8/h1-3,7,10,15H,4-6H2,(H,16,17);1-3,5,8,11,14H,4,6-7H2,(H,15,16)/t7-,10-;8-,11-/m00/s1. The van der Waals surface area contributed by atoms with Crippen molar-refractivity contribution in [1.29, 1.82) is 0 Å². The first-order valence-corrected chi connectivity index (χ1v) is 11.0. The molecule has 4 atom stereocenters. The normalized spacial score (nSPS) is 23.7. The van der Waals surface area contributed by atoms with Gasteiger partial charge in [-0.1, -0.05) is 18.2 Å². The number of ether oxygens (including phenoxy) is 1. The minimum atomic E-state index is -0.896. The van der Waals surface area contributed by atoms with Gasteiger partial charge in [-0.25, -0.2) is 13.2 Å². The molecule has 2 fully saturated rings. The van der Waals surface area contributed by atoms with Gasteiger partial charge in [0.2, 0.25) is 0 Å². The Labute approximate surface area is 194 Å². The van der Waals surface area contributed by atoms with Gasteiger partial charge < -0.3 is 25.6 Å². The van der Waals surface area contributed by atoms with Gasteiger partial charge in [0.25, 0.3) is 0 Å². The van der Waals surface area contributed by atoms with E-state index in [1.807, 2.05) is 0 Å². The molecule has 0 amide bonds. The van der Waals surface area contributed by atoms with E-state index in [0.29, 0.717) is 50.3 Å². The molecule has 2 aliphatic heterocycles. The molecule has 2 saturated heterocycles. The smallest absolute Gasteiger partial charge is 0.320 e. The maximum absolute atomic E-state index is 13.4. The van der Waals surface area contributed by atoms with Crippen molar-refractivity contribution in [2.24, 2.45) is 11.8 Å². The first kappa shape index (κ1) is 25.5. The third-order valence-electron chi connectivity index (χ3n) is 5.86. The summed E-state index contributed by atoms with van der Waals surface area (Å²) in [5.41, 5.74) is 0.308. The average molecular weight is 480 g/mol.